The van der Waals surface area contributed by atoms with Crippen molar-refractivity contribution in [3.05, 3.63) is 12.2 Å². The largest absolute Gasteiger partial charge is 0.394 e. The highest BCUT2D eigenvalue weighted by molar-refractivity contribution is 5.89. The van der Waals surface area contributed by atoms with E-state index in [9.17, 15) is 15.0 Å². The van der Waals surface area contributed by atoms with Gasteiger partial charge in [0.25, 0.3) is 0 Å². The molecule has 1 aliphatic heterocycles. The third-order valence-electron chi connectivity index (χ3n) is 2.60. The highest BCUT2D eigenvalue weighted by atomic mass is 16.6. The number of aliphatic hydroxyl groups is 3. The molecule has 0 aliphatic carbocycles. The van der Waals surface area contributed by atoms with E-state index in [4.69, 9.17) is 9.84 Å². The maximum Gasteiger partial charge on any atom is 0.217 e. The molecule has 1 saturated heterocycles. The van der Waals surface area contributed by atoms with Crippen LogP contribution in [-0.2, 0) is 4.74 Å². The Bertz CT molecular complexity index is 421. The summed E-state index contributed by atoms with van der Waals surface area (Å²) in [6.45, 7) is 0.903. The van der Waals surface area contributed by atoms with Crippen LogP contribution in [0.5, 0.6) is 0 Å². The number of aliphatic hydroxyl groups excluding tert-OH is 3. The first-order valence-corrected chi connectivity index (χ1v) is 5.09. The van der Waals surface area contributed by atoms with Crippen LogP contribution in [-0.4, -0.2) is 60.8 Å². The summed E-state index contributed by atoms with van der Waals surface area (Å²) in [6.07, 6.45) is -3.02. The minimum Gasteiger partial charge on any atom is -0.394 e. The molecule has 1 aromatic rings. The third-order valence-corrected chi connectivity index (χ3v) is 2.60. The van der Waals surface area contributed by atoms with E-state index in [1.807, 2.05) is 0 Å². The van der Waals surface area contributed by atoms with Crippen LogP contribution in [0.25, 0.3) is 0 Å². The molecule has 4 atom stereocenters. The van der Waals surface area contributed by atoms with E-state index in [1.165, 1.54) is 13.3 Å². The Morgan fingerprint density at radius 3 is 2.71 bits per heavy atom. The Morgan fingerprint density at radius 2 is 2.24 bits per heavy atom. The Hall–Kier alpha value is -1.35. The second-order valence-corrected chi connectivity index (χ2v) is 3.83. The molecule has 1 aromatic heterocycles. The summed E-state index contributed by atoms with van der Waals surface area (Å²) in [5.41, 5.74) is 0. The van der Waals surface area contributed by atoms with Gasteiger partial charge in [0.15, 0.2) is 12.0 Å². The minimum atomic E-state index is -1.23. The van der Waals surface area contributed by atoms with E-state index >= 15 is 0 Å². The molecule has 1 aliphatic rings. The van der Waals surface area contributed by atoms with Gasteiger partial charge in [0.2, 0.25) is 5.82 Å². The number of Topliss-reactive ketones (excluding diaryl/α,β-unsaturated/α-hetero) is 1. The van der Waals surface area contributed by atoms with Crippen LogP contribution in [0.2, 0.25) is 0 Å². The average molecular weight is 243 g/mol. The Morgan fingerprint density at radius 1 is 1.53 bits per heavy atom. The Kier molecular flexibility index (Phi) is 3.20. The molecule has 3 N–H and O–H groups in total. The fraction of sp³-hybridized carbons (Fsp3) is 0.667. The number of carbonyl (C=O) groups excluding carboxylic acids is 1. The minimum absolute atomic E-state index is 0.00254. The lowest BCUT2D eigenvalue weighted by Gasteiger charge is -2.13. The molecule has 2 rings (SSSR count). The lowest BCUT2D eigenvalue weighted by Crippen LogP contribution is -2.33. The van der Waals surface area contributed by atoms with E-state index in [2.05, 4.69) is 10.1 Å². The van der Waals surface area contributed by atoms with Crippen LogP contribution < -0.4 is 0 Å². The van der Waals surface area contributed by atoms with Gasteiger partial charge in [-0.1, -0.05) is 0 Å². The highest BCUT2D eigenvalue weighted by Crippen LogP contribution is 2.28. The average Bonchev–Trinajstić information content (AvgIpc) is 2.87. The first kappa shape index (κ1) is 12.1. The fourth-order valence-corrected chi connectivity index (χ4v) is 1.66. The number of ketones is 1. The SMILES string of the molecule is CC(=O)c1ncn([C@@H]2O[C@H](CO)[C@@H](O)[C@H]2O)n1. The summed E-state index contributed by atoms with van der Waals surface area (Å²) >= 11 is 0. The van der Waals surface area contributed by atoms with Gasteiger partial charge in [0.05, 0.1) is 6.61 Å². The molecular weight excluding hydrogens is 230 g/mol. The zero-order valence-electron chi connectivity index (χ0n) is 9.09. The van der Waals surface area contributed by atoms with E-state index in [1.54, 1.807) is 0 Å². The van der Waals surface area contributed by atoms with Crippen LogP contribution in [0, 0.1) is 0 Å². The molecule has 0 saturated carbocycles. The van der Waals surface area contributed by atoms with Gasteiger partial charge < -0.3 is 20.1 Å². The second-order valence-electron chi connectivity index (χ2n) is 3.83. The van der Waals surface area contributed by atoms with E-state index < -0.39 is 31.1 Å². The zero-order chi connectivity index (χ0) is 12.6. The predicted molar refractivity (Wildman–Crippen MR) is 53.0 cm³/mol. The highest BCUT2D eigenvalue weighted by Gasteiger charge is 2.43. The Balaban J connectivity index is 2.19. The van der Waals surface area contributed by atoms with Gasteiger partial charge in [-0.05, 0) is 0 Å². The lowest BCUT2D eigenvalue weighted by atomic mass is 10.1. The van der Waals surface area contributed by atoms with Crippen molar-refractivity contribution in [3.63, 3.8) is 0 Å². The molecule has 1 fully saturated rings. The maximum absolute atomic E-state index is 11.0. The van der Waals surface area contributed by atoms with Crippen LogP contribution in [0.4, 0.5) is 0 Å². The van der Waals surface area contributed by atoms with Crippen molar-refractivity contribution in [1.29, 1.82) is 0 Å². The number of ether oxygens (including phenoxy) is 1. The molecule has 2 heterocycles. The standard InChI is InChI=1S/C9H13N3O5/c1-4(14)8-10-3-12(11-8)9-7(16)6(15)5(2-13)17-9/h3,5-7,9,13,15-16H,2H2,1H3/t5-,6-,7-,9-/m1/s1. The van der Waals surface area contributed by atoms with E-state index in [0.717, 1.165) is 4.68 Å². The number of rotatable bonds is 3. The molecule has 0 unspecified atom stereocenters. The maximum atomic E-state index is 11.0. The summed E-state index contributed by atoms with van der Waals surface area (Å²) < 4.78 is 6.37. The number of nitrogens with zero attached hydrogens (tertiary/aromatic N) is 3. The third kappa shape index (κ3) is 2.07. The first-order chi connectivity index (χ1) is 8.04. The van der Waals surface area contributed by atoms with Gasteiger partial charge in [0.1, 0.15) is 24.6 Å². The van der Waals surface area contributed by atoms with E-state index in [-0.39, 0.29) is 11.6 Å². The normalized spacial score (nSPS) is 32.9. The number of hydrogen-bond acceptors (Lipinski definition) is 7. The van der Waals surface area contributed by atoms with Crippen molar-refractivity contribution < 1.29 is 24.9 Å². The molecule has 0 aromatic carbocycles. The molecular formula is C9H13N3O5. The molecule has 8 heteroatoms. The van der Waals surface area contributed by atoms with Crippen LogP contribution in [0.15, 0.2) is 6.33 Å². The van der Waals surface area contributed by atoms with Crippen molar-refractivity contribution in [3.8, 4) is 0 Å². The van der Waals surface area contributed by atoms with Crippen molar-refractivity contribution in [1.82, 2.24) is 14.8 Å². The van der Waals surface area contributed by atoms with Crippen LogP contribution in [0.3, 0.4) is 0 Å². The molecule has 94 valence electrons. The van der Waals surface area contributed by atoms with Gasteiger partial charge >= 0.3 is 0 Å². The second kappa shape index (κ2) is 4.49. The molecule has 8 nitrogen and oxygen atoms in total. The fourth-order valence-electron chi connectivity index (χ4n) is 1.66. The quantitative estimate of drug-likeness (QED) is 0.530. The van der Waals surface area contributed by atoms with Crippen molar-refractivity contribution in [2.75, 3.05) is 6.61 Å². The summed E-state index contributed by atoms with van der Waals surface area (Å²) in [5, 5.41) is 32.0. The van der Waals surface area contributed by atoms with Crippen molar-refractivity contribution in [2.24, 2.45) is 0 Å². The van der Waals surface area contributed by atoms with Crippen molar-refractivity contribution >= 4 is 5.78 Å². The molecule has 0 radical (unpaired) electrons. The zero-order valence-corrected chi connectivity index (χ0v) is 9.09. The van der Waals surface area contributed by atoms with Gasteiger partial charge in [0, 0.05) is 6.92 Å². The van der Waals surface area contributed by atoms with Crippen LogP contribution >= 0.6 is 0 Å². The van der Waals surface area contributed by atoms with E-state index in [0.29, 0.717) is 0 Å². The summed E-state index contributed by atoms with van der Waals surface area (Å²) in [4.78, 5) is 14.7. The van der Waals surface area contributed by atoms with Crippen molar-refractivity contribution in [2.45, 2.75) is 31.5 Å². The monoisotopic (exact) mass is 243 g/mol. The topological polar surface area (TPSA) is 118 Å². The number of carbonyl (C=O) groups is 1. The first-order valence-electron chi connectivity index (χ1n) is 5.09. The molecule has 0 spiro atoms. The molecule has 0 bridgehead atoms. The number of hydrogen-bond donors (Lipinski definition) is 3. The lowest BCUT2D eigenvalue weighted by molar-refractivity contribution is -0.0588. The van der Waals surface area contributed by atoms with Gasteiger partial charge in [-0.2, -0.15) is 0 Å². The van der Waals surface area contributed by atoms with Crippen LogP contribution in [0.1, 0.15) is 23.8 Å². The predicted octanol–water partition coefficient (Wildman–Crippen LogP) is -1.91. The number of aromatic nitrogens is 3. The smallest absolute Gasteiger partial charge is 0.217 e. The molecule has 17 heavy (non-hydrogen) atoms. The molecule has 0 amide bonds. The van der Waals surface area contributed by atoms with Gasteiger partial charge in [-0.15, -0.1) is 5.10 Å². The van der Waals surface area contributed by atoms with Gasteiger partial charge in [-0.25, -0.2) is 9.67 Å². The summed E-state index contributed by atoms with van der Waals surface area (Å²) in [7, 11) is 0. The van der Waals surface area contributed by atoms with Gasteiger partial charge in [-0.3, -0.25) is 4.79 Å². The Labute approximate surface area is 96.5 Å². The summed E-state index contributed by atoms with van der Waals surface area (Å²) in [5.74, 6) is -0.307. The summed E-state index contributed by atoms with van der Waals surface area (Å²) in [6, 6.07) is 0.